The summed E-state index contributed by atoms with van der Waals surface area (Å²) in [5.41, 5.74) is 1.35. The second-order valence-corrected chi connectivity index (χ2v) is 5.62. The molecular formula is C14H26N4. The van der Waals surface area contributed by atoms with Crippen LogP contribution in [0.25, 0.3) is 0 Å². The lowest BCUT2D eigenvalue weighted by Crippen LogP contribution is -2.46. The molecule has 1 aromatic heterocycles. The van der Waals surface area contributed by atoms with Gasteiger partial charge >= 0.3 is 0 Å². The molecule has 0 aromatic carbocycles. The number of nitrogens with zero attached hydrogens (tertiary/aromatic N) is 3. The molecule has 102 valence electrons. The highest BCUT2D eigenvalue weighted by Gasteiger charge is 2.34. The van der Waals surface area contributed by atoms with E-state index in [9.17, 15) is 0 Å². The number of nitrogens with one attached hydrogen (secondary N) is 1. The van der Waals surface area contributed by atoms with Crippen molar-refractivity contribution < 1.29 is 0 Å². The lowest BCUT2D eigenvalue weighted by molar-refractivity contribution is 0.0585. The minimum Gasteiger partial charge on any atom is -0.319 e. The number of hydrogen-bond acceptors (Lipinski definition) is 3. The predicted molar refractivity (Wildman–Crippen MR) is 74.4 cm³/mol. The van der Waals surface area contributed by atoms with Crippen LogP contribution >= 0.6 is 0 Å². The van der Waals surface area contributed by atoms with Gasteiger partial charge < -0.3 is 5.32 Å². The second-order valence-electron chi connectivity index (χ2n) is 5.62. The third-order valence-corrected chi connectivity index (χ3v) is 4.09. The average molecular weight is 250 g/mol. The topological polar surface area (TPSA) is 33.1 Å². The molecule has 2 rings (SSSR count). The summed E-state index contributed by atoms with van der Waals surface area (Å²) >= 11 is 0. The molecule has 1 fully saturated rings. The van der Waals surface area contributed by atoms with E-state index >= 15 is 0 Å². The van der Waals surface area contributed by atoms with Crippen molar-refractivity contribution in [2.45, 2.75) is 38.8 Å². The van der Waals surface area contributed by atoms with E-state index in [1.165, 1.54) is 25.1 Å². The van der Waals surface area contributed by atoms with Crippen molar-refractivity contribution in [1.29, 1.82) is 0 Å². The van der Waals surface area contributed by atoms with Gasteiger partial charge in [0.25, 0.3) is 0 Å². The van der Waals surface area contributed by atoms with Crippen LogP contribution in [-0.4, -0.2) is 40.9 Å². The van der Waals surface area contributed by atoms with E-state index in [0.29, 0.717) is 18.0 Å². The van der Waals surface area contributed by atoms with Gasteiger partial charge in [-0.2, -0.15) is 5.10 Å². The number of rotatable bonds is 4. The number of aromatic nitrogens is 2. The van der Waals surface area contributed by atoms with Gasteiger partial charge in [0.2, 0.25) is 0 Å². The van der Waals surface area contributed by atoms with Crippen molar-refractivity contribution in [3.63, 3.8) is 0 Å². The minimum absolute atomic E-state index is 0.499. The fourth-order valence-corrected chi connectivity index (χ4v) is 3.24. The van der Waals surface area contributed by atoms with Crippen molar-refractivity contribution in [3.05, 3.63) is 18.0 Å². The molecule has 1 N–H and O–H groups in total. The summed E-state index contributed by atoms with van der Waals surface area (Å²) in [6.07, 6.45) is 4.53. The van der Waals surface area contributed by atoms with Crippen LogP contribution in [0.1, 0.15) is 38.4 Å². The van der Waals surface area contributed by atoms with E-state index in [1.54, 1.807) is 0 Å². The van der Waals surface area contributed by atoms with Crippen LogP contribution < -0.4 is 5.32 Å². The zero-order valence-corrected chi connectivity index (χ0v) is 12.1. The van der Waals surface area contributed by atoms with Crippen molar-refractivity contribution >= 4 is 0 Å². The van der Waals surface area contributed by atoms with Gasteiger partial charge in [0.1, 0.15) is 0 Å². The Balaban J connectivity index is 2.29. The summed E-state index contributed by atoms with van der Waals surface area (Å²) < 4.78 is 2.04. The lowest BCUT2D eigenvalue weighted by atomic mass is 9.86. The molecule has 2 heterocycles. The second kappa shape index (κ2) is 5.85. The Morgan fingerprint density at radius 1 is 1.50 bits per heavy atom. The van der Waals surface area contributed by atoms with Gasteiger partial charge in [-0.3, -0.25) is 9.58 Å². The van der Waals surface area contributed by atoms with Gasteiger partial charge in [0.15, 0.2) is 0 Å². The largest absolute Gasteiger partial charge is 0.319 e. The van der Waals surface area contributed by atoms with Crippen LogP contribution in [0.15, 0.2) is 12.3 Å². The van der Waals surface area contributed by atoms with Gasteiger partial charge in [-0.05, 0) is 58.8 Å². The number of piperidine rings is 1. The maximum absolute atomic E-state index is 4.35. The van der Waals surface area contributed by atoms with E-state index in [-0.39, 0.29) is 0 Å². The zero-order valence-electron chi connectivity index (χ0n) is 12.1. The molecule has 0 amide bonds. The Bertz CT molecular complexity index is 370. The fourth-order valence-electron chi connectivity index (χ4n) is 3.24. The Morgan fingerprint density at radius 3 is 2.83 bits per heavy atom. The summed E-state index contributed by atoms with van der Waals surface area (Å²) in [5.74, 6) is 0.682. The summed E-state index contributed by atoms with van der Waals surface area (Å²) in [6.45, 7) is 6.88. The molecule has 1 saturated heterocycles. The molecule has 4 nitrogen and oxygen atoms in total. The molecule has 0 aliphatic carbocycles. The first-order valence-corrected chi connectivity index (χ1v) is 7.03. The van der Waals surface area contributed by atoms with Crippen molar-refractivity contribution in [1.82, 2.24) is 20.0 Å². The van der Waals surface area contributed by atoms with Crippen LogP contribution in [0.3, 0.4) is 0 Å². The van der Waals surface area contributed by atoms with Crippen molar-refractivity contribution in [2.75, 3.05) is 20.1 Å². The summed E-state index contributed by atoms with van der Waals surface area (Å²) in [7, 11) is 4.10. The maximum atomic E-state index is 4.35. The molecule has 0 bridgehead atoms. The number of hydrogen-bond donors (Lipinski definition) is 1. The smallest absolute Gasteiger partial charge is 0.0560 e. The molecule has 0 saturated carbocycles. The highest BCUT2D eigenvalue weighted by molar-refractivity contribution is 5.10. The van der Waals surface area contributed by atoms with E-state index in [0.717, 1.165) is 6.54 Å². The molecular weight excluding hydrogens is 224 g/mol. The highest BCUT2D eigenvalue weighted by atomic mass is 15.3. The maximum Gasteiger partial charge on any atom is 0.0560 e. The SMILES string of the molecule is CNCC1CCCN(C(C)C)C1c1ccnn1C. The Hall–Kier alpha value is -0.870. The molecule has 18 heavy (non-hydrogen) atoms. The van der Waals surface area contributed by atoms with Gasteiger partial charge in [-0.25, -0.2) is 0 Å². The van der Waals surface area contributed by atoms with Gasteiger partial charge in [0.05, 0.1) is 11.7 Å². The Labute approximate surface area is 110 Å². The standard InChI is InChI=1S/C14H26N4/c1-11(2)18-9-5-6-12(10-15-3)14(18)13-7-8-16-17(13)4/h7-8,11-12,14-15H,5-6,9-10H2,1-4H3. The van der Waals surface area contributed by atoms with Crippen LogP contribution in [0.2, 0.25) is 0 Å². The molecule has 2 atom stereocenters. The molecule has 0 radical (unpaired) electrons. The van der Waals surface area contributed by atoms with Gasteiger partial charge in [0, 0.05) is 19.3 Å². The van der Waals surface area contributed by atoms with E-state index < -0.39 is 0 Å². The highest BCUT2D eigenvalue weighted by Crippen LogP contribution is 2.36. The first-order valence-electron chi connectivity index (χ1n) is 7.03. The average Bonchev–Trinajstić information content (AvgIpc) is 2.75. The van der Waals surface area contributed by atoms with Gasteiger partial charge in [-0.1, -0.05) is 0 Å². The Kier molecular flexibility index (Phi) is 4.40. The van der Waals surface area contributed by atoms with Crippen LogP contribution in [0, 0.1) is 5.92 Å². The number of likely N-dealkylation sites (tertiary alicyclic amines) is 1. The van der Waals surface area contributed by atoms with Gasteiger partial charge in [-0.15, -0.1) is 0 Å². The quantitative estimate of drug-likeness (QED) is 0.884. The Morgan fingerprint density at radius 2 is 2.28 bits per heavy atom. The van der Waals surface area contributed by atoms with E-state index in [2.05, 4.69) is 49.3 Å². The lowest BCUT2D eigenvalue weighted by Gasteiger charge is -2.43. The monoisotopic (exact) mass is 250 g/mol. The van der Waals surface area contributed by atoms with E-state index in [4.69, 9.17) is 0 Å². The first-order chi connectivity index (χ1) is 8.65. The van der Waals surface area contributed by atoms with Crippen LogP contribution in [0.5, 0.6) is 0 Å². The third-order valence-electron chi connectivity index (χ3n) is 4.09. The fraction of sp³-hybridized carbons (Fsp3) is 0.786. The third kappa shape index (κ3) is 2.59. The predicted octanol–water partition coefficient (Wildman–Crippen LogP) is 1.80. The molecule has 2 unspecified atom stereocenters. The van der Waals surface area contributed by atoms with Crippen LogP contribution in [-0.2, 0) is 7.05 Å². The summed E-state index contributed by atoms with van der Waals surface area (Å²) in [4.78, 5) is 2.63. The molecule has 0 spiro atoms. The molecule has 1 aromatic rings. The normalized spacial score (nSPS) is 25.8. The molecule has 1 aliphatic rings. The van der Waals surface area contributed by atoms with Crippen LogP contribution in [0.4, 0.5) is 0 Å². The molecule has 4 heteroatoms. The van der Waals surface area contributed by atoms with E-state index in [1.807, 2.05) is 10.9 Å². The zero-order chi connectivity index (χ0) is 13.1. The summed E-state index contributed by atoms with van der Waals surface area (Å²) in [5, 5.41) is 7.70. The number of aryl methyl sites for hydroxylation is 1. The summed E-state index contributed by atoms with van der Waals surface area (Å²) in [6, 6.07) is 3.26. The minimum atomic E-state index is 0.499. The first kappa shape index (κ1) is 13.6. The molecule has 1 aliphatic heterocycles. The van der Waals surface area contributed by atoms with Crippen molar-refractivity contribution in [3.8, 4) is 0 Å². The van der Waals surface area contributed by atoms with Crippen molar-refractivity contribution in [2.24, 2.45) is 13.0 Å².